The topological polar surface area (TPSA) is 83.5 Å². The molecule has 0 radical (unpaired) electrons. The van der Waals surface area contributed by atoms with Crippen LogP contribution in [0.3, 0.4) is 0 Å². The molecule has 3 heterocycles. The van der Waals surface area contributed by atoms with Crippen LogP contribution in [0.25, 0.3) is 11.2 Å². The van der Waals surface area contributed by atoms with Crippen LogP contribution in [-0.2, 0) is 25.4 Å². The molecule has 3 aromatic rings. The number of hydrogen-bond acceptors (Lipinski definition) is 6. The van der Waals surface area contributed by atoms with Gasteiger partial charge in [0.1, 0.15) is 12.4 Å². The molecule has 0 N–H and O–H groups in total. The molecule has 0 fully saturated rings. The summed E-state index contributed by atoms with van der Waals surface area (Å²) < 4.78 is 15.3. The molecule has 4 rings (SSSR count). The Morgan fingerprint density at radius 1 is 1.04 bits per heavy atom. The van der Waals surface area contributed by atoms with Crippen molar-refractivity contribution in [2.45, 2.75) is 13.5 Å². The Morgan fingerprint density at radius 3 is 2.50 bits per heavy atom. The first-order chi connectivity index (χ1) is 13.5. The van der Waals surface area contributed by atoms with Crippen LogP contribution in [0, 0.1) is 0 Å². The third kappa shape index (κ3) is 2.88. The third-order valence-corrected chi connectivity index (χ3v) is 4.97. The van der Waals surface area contributed by atoms with Crippen LogP contribution in [0.1, 0.15) is 6.92 Å². The van der Waals surface area contributed by atoms with Gasteiger partial charge in [-0.25, -0.2) is 4.79 Å². The van der Waals surface area contributed by atoms with E-state index >= 15 is 0 Å². The van der Waals surface area contributed by atoms with Gasteiger partial charge in [0.2, 0.25) is 5.95 Å². The van der Waals surface area contributed by atoms with Gasteiger partial charge in [-0.05, 0) is 31.2 Å². The Morgan fingerprint density at radius 2 is 1.79 bits per heavy atom. The molecular weight excluding hydrogens is 362 g/mol. The van der Waals surface area contributed by atoms with Crippen molar-refractivity contribution in [2.24, 2.45) is 14.1 Å². The van der Waals surface area contributed by atoms with E-state index < -0.39 is 0 Å². The van der Waals surface area contributed by atoms with E-state index in [0.717, 1.165) is 16.0 Å². The van der Waals surface area contributed by atoms with Gasteiger partial charge in [-0.2, -0.15) is 4.98 Å². The number of ether oxygens (including phenoxy) is 2. The molecule has 1 aromatic carbocycles. The lowest BCUT2D eigenvalue weighted by Gasteiger charge is -2.16. The van der Waals surface area contributed by atoms with E-state index in [4.69, 9.17) is 9.47 Å². The Balaban J connectivity index is 1.65. The number of nitrogens with zero attached hydrogens (tertiary/aromatic N) is 5. The number of hydrogen-bond donors (Lipinski definition) is 0. The minimum Gasteiger partial charge on any atom is -0.491 e. The Hall–Kier alpha value is -3.07. The summed E-state index contributed by atoms with van der Waals surface area (Å²) in [6.45, 7) is 5.02. The van der Waals surface area contributed by atoms with Gasteiger partial charge in [0, 0.05) is 39.5 Å². The number of aromatic nitrogens is 4. The molecule has 1 aliphatic rings. The molecule has 2 aromatic heterocycles. The highest BCUT2D eigenvalue weighted by molar-refractivity contribution is 5.77. The van der Waals surface area contributed by atoms with E-state index in [1.165, 1.54) is 11.6 Å². The van der Waals surface area contributed by atoms with Crippen LogP contribution >= 0.6 is 0 Å². The molecule has 148 valence electrons. The zero-order chi connectivity index (χ0) is 19.8. The highest BCUT2D eigenvalue weighted by Crippen LogP contribution is 2.32. The van der Waals surface area contributed by atoms with Gasteiger partial charge in [-0.15, -0.1) is 0 Å². The van der Waals surface area contributed by atoms with Crippen molar-refractivity contribution in [1.82, 2.24) is 18.7 Å². The third-order valence-electron chi connectivity index (χ3n) is 4.97. The molecule has 0 spiro atoms. The molecule has 28 heavy (non-hydrogen) atoms. The zero-order valence-electron chi connectivity index (χ0n) is 16.2. The molecule has 0 atom stereocenters. The number of aryl methyl sites for hydroxylation is 1. The van der Waals surface area contributed by atoms with Gasteiger partial charge in [0.05, 0.1) is 6.61 Å². The first kappa shape index (κ1) is 18.3. The number of fused-ring (bicyclic) bond motifs is 3. The number of benzene rings is 1. The summed E-state index contributed by atoms with van der Waals surface area (Å²) in [4.78, 5) is 31.4. The Kier molecular flexibility index (Phi) is 4.68. The van der Waals surface area contributed by atoms with Gasteiger partial charge < -0.3 is 18.9 Å². The molecule has 0 unspecified atom stereocenters. The minimum absolute atomic E-state index is 0.322. The Labute approximate surface area is 161 Å². The lowest BCUT2D eigenvalue weighted by molar-refractivity contribution is 0.110. The van der Waals surface area contributed by atoms with Crippen molar-refractivity contribution in [3.05, 3.63) is 45.1 Å². The SMILES string of the molecule is CCOCCOc1ccc(N2CCn3c2nc2c3c(=O)n(C)c(=O)n2C)cc1. The van der Waals surface area contributed by atoms with Crippen molar-refractivity contribution < 1.29 is 9.47 Å². The fourth-order valence-electron chi connectivity index (χ4n) is 3.48. The maximum Gasteiger partial charge on any atom is 0.332 e. The zero-order valence-corrected chi connectivity index (χ0v) is 16.2. The van der Waals surface area contributed by atoms with E-state index in [2.05, 4.69) is 4.98 Å². The number of imidazole rings is 1. The first-order valence-corrected chi connectivity index (χ1v) is 9.27. The Bertz CT molecular complexity index is 1130. The minimum atomic E-state index is -0.380. The van der Waals surface area contributed by atoms with Gasteiger partial charge in [-0.1, -0.05) is 0 Å². The van der Waals surface area contributed by atoms with E-state index in [1.807, 2.05) is 40.7 Å². The fraction of sp³-hybridized carbons (Fsp3) is 0.421. The maximum atomic E-state index is 12.6. The summed E-state index contributed by atoms with van der Waals surface area (Å²) in [5.74, 6) is 1.44. The average molecular weight is 385 g/mol. The van der Waals surface area contributed by atoms with Gasteiger partial charge in [-0.3, -0.25) is 13.9 Å². The van der Waals surface area contributed by atoms with Gasteiger partial charge in [0.15, 0.2) is 11.2 Å². The lowest BCUT2D eigenvalue weighted by atomic mass is 10.3. The predicted octanol–water partition coefficient (Wildman–Crippen LogP) is 1.00. The first-order valence-electron chi connectivity index (χ1n) is 9.27. The summed E-state index contributed by atoms with van der Waals surface area (Å²) >= 11 is 0. The summed E-state index contributed by atoms with van der Waals surface area (Å²) in [5, 5.41) is 0. The molecule has 1 aliphatic heterocycles. The monoisotopic (exact) mass is 385 g/mol. The standard InChI is InChI=1S/C19H23N5O4/c1-4-27-11-12-28-14-7-5-13(6-8-14)23-9-10-24-15-16(20-18(23)24)21(2)19(26)22(3)17(15)25/h5-8H,4,9-12H2,1-3H3. The lowest BCUT2D eigenvalue weighted by Crippen LogP contribution is -2.37. The molecule has 0 saturated heterocycles. The predicted molar refractivity (Wildman–Crippen MR) is 106 cm³/mol. The van der Waals surface area contributed by atoms with Crippen LogP contribution in [0.2, 0.25) is 0 Å². The second-order valence-corrected chi connectivity index (χ2v) is 6.63. The van der Waals surface area contributed by atoms with Crippen LogP contribution in [0.5, 0.6) is 5.75 Å². The summed E-state index contributed by atoms with van der Waals surface area (Å²) in [6.07, 6.45) is 0. The maximum absolute atomic E-state index is 12.6. The molecule has 0 saturated carbocycles. The quantitative estimate of drug-likeness (QED) is 0.589. The van der Waals surface area contributed by atoms with Crippen molar-refractivity contribution in [2.75, 3.05) is 31.3 Å². The molecule has 9 heteroatoms. The number of rotatable bonds is 6. The van der Waals surface area contributed by atoms with Gasteiger partial charge >= 0.3 is 5.69 Å². The molecule has 9 nitrogen and oxygen atoms in total. The van der Waals surface area contributed by atoms with Crippen molar-refractivity contribution in [3.63, 3.8) is 0 Å². The van der Waals surface area contributed by atoms with Gasteiger partial charge in [0.25, 0.3) is 5.56 Å². The van der Waals surface area contributed by atoms with Crippen LogP contribution in [0.4, 0.5) is 11.6 Å². The second kappa shape index (κ2) is 7.16. The molecular formula is C19H23N5O4. The van der Waals surface area contributed by atoms with E-state index in [-0.39, 0.29) is 11.2 Å². The van der Waals surface area contributed by atoms with Crippen LogP contribution in [-0.4, -0.2) is 45.1 Å². The van der Waals surface area contributed by atoms with E-state index in [0.29, 0.717) is 50.0 Å². The fourth-order valence-corrected chi connectivity index (χ4v) is 3.48. The normalized spacial score (nSPS) is 13.3. The van der Waals surface area contributed by atoms with Crippen LogP contribution in [0.15, 0.2) is 33.9 Å². The van der Waals surface area contributed by atoms with Crippen molar-refractivity contribution in [3.8, 4) is 5.75 Å². The highest BCUT2D eigenvalue weighted by atomic mass is 16.5. The van der Waals surface area contributed by atoms with Crippen molar-refractivity contribution >= 4 is 22.8 Å². The summed E-state index contributed by atoms with van der Waals surface area (Å²) in [5.41, 5.74) is 1.11. The molecule has 0 amide bonds. The highest BCUT2D eigenvalue weighted by Gasteiger charge is 2.28. The second-order valence-electron chi connectivity index (χ2n) is 6.63. The van der Waals surface area contributed by atoms with E-state index in [1.54, 1.807) is 7.05 Å². The average Bonchev–Trinajstić information content (AvgIpc) is 3.28. The smallest absolute Gasteiger partial charge is 0.332 e. The largest absolute Gasteiger partial charge is 0.491 e. The van der Waals surface area contributed by atoms with Crippen molar-refractivity contribution in [1.29, 1.82) is 0 Å². The summed E-state index contributed by atoms with van der Waals surface area (Å²) in [6, 6.07) is 7.73. The molecule has 0 bridgehead atoms. The summed E-state index contributed by atoms with van der Waals surface area (Å²) in [7, 11) is 3.12. The molecule has 0 aliphatic carbocycles. The number of anilines is 2. The van der Waals surface area contributed by atoms with Crippen LogP contribution < -0.4 is 20.9 Å². The van der Waals surface area contributed by atoms with E-state index in [9.17, 15) is 9.59 Å².